The number of piperidine rings is 1. The molecule has 1 aliphatic rings. The van der Waals surface area contributed by atoms with Gasteiger partial charge in [-0.2, -0.15) is 0 Å². The zero-order chi connectivity index (χ0) is 21.7. The number of hydrogen-bond donors (Lipinski definition) is 1. The maximum atomic E-state index is 12.9. The molecule has 0 spiro atoms. The summed E-state index contributed by atoms with van der Waals surface area (Å²) in [6.07, 6.45) is 1.05. The normalized spacial score (nSPS) is 15.1. The van der Waals surface area contributed by atoms with Crippen molar-refractivity contribution in [3.8, 4) is 11.5 Å². The van der Waals surface area contributed by atoms with Crippen LogP contribution >= 0.6 is 11.6 Å². The fourth-order valence-corrected chi connectivity index (χ4v) is 4.99. The van der Waals surface area contributed by atoms with Gasteiger partial charge in [0, 0.05) is 24.7 Å². The third-order valence-corrected chi connectivity index (χ3v) is 6.74. The molecule has 1 N–H and O–H groups in total. The smallest absolute Gasteiger partial charge is 0.254 e. The largest absolute Gasteiger partial charge is 0.493 e. The van der Waals surface area contributed by atoms with E-state index in [2.05, 4.69) is 4.72 Å². The number of benzene rings is 2. The standard InChI is InChI=1S/C21H25ClN2O5S/c1-3-29-20-18(22)13-15(14-19(20)28-2)21(25)24-11-9-16(10-12-24)23-30(26,27)17-7-5-4-6-8-17/h4-8,13-14,16,23H,3,9-12H2,1-2H3. The van der Waals surface area contributed by atoms with Crippen molar-refractivity contribution in [3.05, 3.63) is 53.1 Å². The van der Waals surface area contributed by atoms with Gasteiger partial charge >= 0.3 is 0 Å². The lowest BCUT2D eigenvalue weighted by molar-refractivity contribution is 0.0711. The lowest BCUT2D eigenvalue weighted by Crippen LogP contribution is -2.46. The van der Waals surface area contributed by atoms with E-state index in [1.807, 2.05) is 6.92 Å². The number of amides is 1. The first kappa shape index (κ1) is 22.4. The van der Waals surface area contributed by atoms with Gasteiger partial charge in [-0.15, -0.1) is 0 Å². The number of likely N-dealkylation sites (tertiary alicyclic amines) is 1. The van der Waals surface area contributed by atoms with Crippen LogP contribution in [0.3, 0.4) is 0 Å². The van der Waals surface area contributed by atoms with Gasteiger partial charge in [-0.3, -0.25) is 4.79 Å². The van der Waals surface area contributed by atoms with Gasteiger partial charge in [-0.05, 0) is 44.0 Å². The number of hydrogen-bond acceptors (Lipinski definition) is 5. The second-order valence-corrected chi connectivity index (χ2v) is 9.04. The molecule has 0 atom stereocenters. The van der Waals surface area contributed by atoms with Crippen LogP contribution in [0, 0.1) is 0 Å². The van der Waals surface area contributed by atoms with Crippen LogP contribution in [0.2, 0.25) is 5.02 Å². The van der Waals surface area contributed by atoms with Crippen LogP contribution in [0.5, 0.6) is 11.5 Å². The van der Waals surface area contributed by atoms with Gasteiger partial charge in [-0.25, -0.2) is 13.1 Å². The minimum absolute atomic E-state index is 0.178. The molecule has 2 aromatic carbocycles. The van der Waals surface area contributed by atoms with Crippen molar-refractivity contribution >= 4 is 27.5 Å². The molecule has 0 aliphatic carbocycles. The molecule has 0 aromatic heterocycles. The van der Waals surface area contributed by atoms with E-state index in [1.165, 1.54) is 7.11 Å². The molecule has 1 aliphatic heterocycles. The summed E-state index contributed by atoms with van der Waals surface area (Å²) in [7, 11) is -2.08. The fourth-order valence-electron chi connectivity index (χ4n) is 3.40. The van der Waals surface area contributed by atoms with Crippen LogP contribution in [0.15, 0.2) is 47.4 Å². The predicted octanol–water partition coefficient (Wildman–Crippen LogP) is 3.33. The van der Waals surface area contributed by atoms with Crippen LogP contribution < -0.4 is 14.2 Å². The Morgan fingerprint density at radius 1 is 1.20 bits per heavy atom. The number of sulfonamides is 1. The van der Waals surface area contributed by atoms with Crippen molar-refractivity contribution in [2.24, 2.45) is 0 Å². The summed E-state index contributed by atoms with van der Waals surface area (Å²) in [6.45, 7) is 3.14. The number of methoxy groups -OCH3 is 1. The molecule has 1 fully saturated rings. The number of nitrogens with one attached hydrogen (secondary N) is 1. The minimum Gasteiger partial charge on any atom is -0.493 e. The molecule has 9 heteroatoms. The van der Waals surface area contributed by atoms with E-state index in [0.29, 0.717) is 54.6 Å². The Balaban J connectivity index is 1.65. The lowest BCUT2D eigenvalue weighted by atomic mass is 10.0. The summed E-state index contributed by atoms with van der Waals surface area (Å²) in [5, 5.41) is 0.310. The van der Waals surface area contributed by atoms with E-state index < -0.39 is 10.0 Å². The molecule has 0 radical (unpaired) electrons. The third-order valence-electron chi connectivity index (χ3n) is 4.92. The highest BCUT2D eigenvalue weighted by Gasteiger charge is 2.28. The van der Waals surface area contributed by atoms with Crippen LogP contribution in [0.25, 0.3) is 0 Å². The average Bonchev–Trinajstić information content (AvgIpc) is 2.75. The highest BCUT2D eigenvalue weighted by Crippen LogP contribution is 2.37. The van der Waals surface area contributed by atoms with Crippen molar-refractivity contribution in [1.82, 2.24) is 9.62 Å². The quantitative estimate of drug-likeness (QED) is 0.696. The summed E-state index contributed by atoms with van der Waals surface area (Å²) < 4.78 is 38.5. The Morgan fingerprint density at radius 3 is 2.47 bits per heavy atom. The Morgan fingerprint density at radius 2 is 1.87 bits per heavy atom. The first-order valence-electron chi connectivity index (χ1n) is 9.72. The summed E-state index contributed by atoms with van der Waals surface area (Å²) >= 11 is 6.28. The molecule has 1 amide bonds. The molecule has 0 unspecified atom stereocenters. The van der Waals surface area contributed by atoms with Gasteiger partial charge in [0.15, 0.2) is 11.5 Å². The SMILES string of the molecule is CCOc1c(Cl)cc(C(=O)N2CCC(NS(=O)(=O)c3ccccc3)CC2)cc1OC. The first-order chi connectivity index (χ1) is 14.4. The van der Waals surface area contributed by atoms with E-state index in [1.54, 1.807) is 47.4 Å². The van der Waals surface area contributed by atoms with E-state index in [-0.39, 0.29) is 16.8 Å². The van der Waals surface area contributed by atoms with Crippen LogP contribution in [0.4, 0.5) is 0 Å². The molecule has 1 saturated heterocycles. The predicted molar refractivity (Wildman–Crippen MR) is 115 cm³/mol. The average molecular weight is 453 g/mol. The van der Waals surface area contributed by atoms with Gasteiger partial charge in [-0.1, -0.05) is 29.8 Å². The van der Waals surface area contributed by atoms with E-state index >= 15 is 0 Å². The molecule has 7 nitrogen and oxygen atoms in total. The highest BCUT2D eigenvalue weighted by molar-refractivity contribution is 7.89. The van der Waals surface area contributed by atoms with E-state index in [4.69, 9.17) is 21.1 Å². The van der Waals surface area contributed by atoms with Gasteiger partial charge in [0.2, 0.25) is 10.0 Å². The van der Waals surface area contributed by atoms with Gasteiger partial charge in [0.1, 0.15) is 0 Å². The zero-order valence-corrected chi connectivity index (χ0v) is 18.5. The molecule has 162 valence electrons. The van der Waals surface area contributed by atoms with Crippen molar-refractivity contribution in [1.29, 1.82) is 0 Å². The Bertz CT molecular complexity index is 990. The molecule has 2 aromatic rings. The Labute approximate surface area is 182 Å². The van der Waals surface area contributed by atoms with Crippen molar-refractivity contribution < 1.29 is 22.7 Å². The van der Waals surface area contributed by atoms with E-state index in [0.717, 1.165) is 0 Å². The maximum absolute atomic E-state index is 12.9. The maximum Gasteiger partial charge on any atom is 0.254 e. The molecule has 0 bridgehead atoms. The second-order valence-electron chi connectivity index (χ2n) is 6.92. The third kappa shape index (κ3) is 5.06. The number of nitrogens with zero attached hydrogens (tertiary/aromatic N) is 1. The first-order valence-corrected chi connectivity index (χ1v) is 11.6. The molecule has 30 heavy (non-hydrogen) atoms. The zero-order valence-electron chi connectivity index (χ0n) is 16.9. The number of ether oxygens (including phenoxy) is 2. The van der Waals surface area contributed by atoms with E-state index in [9.17, 15) is 13.2 Å². The summed E-state index contributed by atoms with van der Waals surface area (Å²) in [5.41, 5.74) is 0.406. The van der Waals surface area contributed by atoms with Gasteiger partial charge in [0.25, 0.3) is 5.91 Å². The minimum atomic E-state index is -3.58. The summed E-state index contributed by atoms with van der Waals surface area (Å²) in [6, 6.07) is 11.2. The summed E-state index contributed by atoms with van der Waals surface area (Å²) in [5.74, 6) is 0.632. The highest BCUT2D eigenvalue weighted by atomic mass is 35.5. The van der Waals surface area contributed by atoms with Crippen LogP contribution in [0.1, 0.15) is 30.1 Å². The fraction of sp³-hybridized carbons (Fsp3) is 0.381. The Hall–Kier alpha value is -2.29. The van der Waals surface area contributed by atoms with Gasteiger partial charge < -0.3 is 14.4 Å². The number of rotatable bonds is 7. The van der Waals surface area contributed by atoms with Crippen molar-refractivity contribution in [2.75, 3.05) is 26.8 Å². The number of halogens is 1. The lowest BCUT2D eigenvalue weighted by Gasteiger charge is -2.32. The molecular weight excluding hydrogens is 428 g/mol. The monoisotopic (exact) mass is 452 g/mol. The molecule has 1 heterocycles. The van der Waals surface area contributed by atoms with Crippen molar-refractivity contribution in [2.45, 2.75) is 30.7 Å². The molecular formula is C21H25ClN2O5S. The number of carbonyl (C=O) groups excluding carboxylic acids is 1. The van der Waals surface area contributed by atoms with Crippen LogP contribution in [-0.2, 0) is 10.0 Å². The molecule has 0 saturated carbocycles. The Kier molecular flexibility index (Phi) is 7.23. The van der Waals surface area contributed by atoms with Crippen molar-refractivity contribution in [3.63, 3.8) is 0 Å². The second kappa shape index (κ2) is 9.68. The number of carbonyl (C=O) groups is 1. The summed E-state index contributed by atoms with van der Waals surface area (Å²) in [4.78, 5) is 14.9. The molecule has 3 rings (SSSR count). The van der Waals surface area contributed by atoms with Crippen LogP contribution in [-0.4, -0.2) is 52.1 Å². The van der Waals surface area contributed by atoms with Gasteiger partial charge in [0.05, 0.1) is 23.6 Å². The topological polar surface area (TPSA) is 84.9 Å².